The Morgan fingerprint density at radius 3 is 2.83 bits per heavy atom. The summed E-state index contributed by atoms with van der Waals surface area (Å²) in [6.45, 7) is 0.00956. The van der Waals surface area contributed by atoms with Crippen LogP contribution < -0.4 is 5.32 Å². The molecule has 1 aliphatic heterocycles. The number of carboxylic acid groups (broad SMARTS) is 1. The van der Waals surface area contributed by atoms with Crippen molar-refractivity contribution in [3.63, 3.8) is 0 Å². The maximum Gasteiger partial charge on any atom is 0.326 e. The number of likely N-dealkylation sites (tertiary alicyclic amines) is 1. The molecule has 0 bridgehead atoms. The van der Waals surface area contributed by atoms with E-state index in [-0.39, 0.29) is 13.0 Å². The van der Waals surface area contributed by atoms with Crippen LogP contribution in [-0.4, -0.2) is 55.6 Å². The van der Waals surface area contributed by atoms with Gasteiger partial charge in [-0.3, -0.25) is 10.00 Å². The number of rotatable bonds is 2. The number of carboxylic acids is 1. The number of aliphatic carboxylic acids is 1. The molecule has 1 aromatic heterocycles. The van der Waals surface area contributed by atoms with Crippen LogP contribution in [0.5, 0.6) is 0 Å². The van der Waals surface area contributed by atoms with Gasteiger partial charge in [0.2, 0.25) is 0 Å². The standard InChI is InChI=1S/C10H14N4O4/c1-13-3-2-8(12-13)11-10(18)14-5-6(15)4-7(14)9(16)17/h2-3,6-7,15H,4-5H2,1H3,(H,16,17)(H,11,12,18)/t6-,7-/m1/s1. The fourth-order valence-corrected chi connectivity index (χ4v) is 1.94. The quantitative estimate of drug-likeness (QED) is 0.657. The number of hydrogen-bond donors (Lipinski definition) is 3. The molecule has 1 aromatic rings. The zero-order valence-corrected chi connectivity index (χ0v) is 9.78. The number of aromatic nitrogens is 2. The first-order valence-corrected chi connectivity index (χ1v) is 5.45. The molecular formula is C10H14N4O4. The van der Waals surface area contributed by atoms with Gasteiger partial charge < -0.3 is 15.1 Å². The van der Waals surface area contributed by atoms with E-state index in [1.807, 2.05) is 0 Å². The molecule has 8 heteroatoms. The number of carbonyl (C=O) groups is 2. The highest BCUT2D eigenvalue weighted by atomic mass is 16.4. The number of aryl methyl sites for hydroxylation is 1. The summed E-state index contributed by atoms with van der Waals surface area (Å²) in [7, 11) is 1.70. The second kappa shape index (κ2) is 4.65. The van der Waals surface area contributed by atoms with E-state index < -0.39 is 24.1 Å². The minimum atomic E-state index is -1.12. The van der Waals surface area contributed by atoms with Crippen molar-refractivity contribution in [2.24, 2.45) is 7.05 Å². The van der Waals surface area contributed by atoms with E-state index in [0.717, 1.165) is 4.90 Å². The number of β-amino-alcohol motifs (C(OH)–C–C–N with tert-alkyl or cyclic N) is 1. The molecule has 1 fully saturated rings. The Morgan fingerprint density at radius 2 is 2.28 bits per heavy atom. The third-order valence-corrected chi connectivity index (χ3v) is 2.77. The molecule has 0 saturated carbocycles. The van der Waals surface area contributed by atoms with Crippen molar-refractivity contribution >= 4 is 17.8 Å². The van der Waals surface area contributed by atoms with E-state index >= 15 is 0 Å². The molecule has 0 radical (unpaired) electrons. The summed E-state index contributed by atoms with van der Waals surface area (Å²) in [5.74, 6) is -0.782. The summed E-state index contributed by atoms with van der Waals surface area (Å²) in [6.07, 6.45) is 0.897. The molecule has 8 nitrogen and oxygen atoms in total. The van der Waals surface area contributed by atoms with Crippen molar-refractivity contribution in [2.45, 2.75) is 18.6 Å². The first kappa shape index (κ1) is 12.4. The number of carbonyl (C=O) groups excluding carboxylic acids is 1. The van der Waals surface area contributed by atoms with Crippen LogP contribution in [0.4, 0.5) is 10.6 Å². The summed E-state index contributed by atoms with van der Waals surface area (Å²) < 4.78 is 1.52. The maximum absolute atomic E-state index is 11.9. The number of nitrogens with zero attached hydrogens (tertiary/aromatic N) is 3. The van der Waals surface area contributed by atoms with Gasteiger partial charge in [-0.2, -0.15) is 5.10 Å². The summed E-state index contributed by atoms with van der Waals surface area (Å²) in [4.78, 5) is 23.9. The number of aliphatic hydroxyl groups excluding tert-OH is 1. The Bertz CT molecular complexity index is 472. The highest BCUT2D eigenvalue weighted by Crippen LogP contribution is 2.19. The minimum absolute atomic E-state index is 0.00956. The number of hydrogen-bond acceptors (Lipinski definition) is 4. The predicted molar refractivity (Wildman–Crippen MR) is 61.0 cm³/mol. The molecule has 2 amide bonds. The van der Waals surface area contributed by atoms with Gasteiger partial charge in [0.25, 0.3) is 0 Å². The molecule has 1 aliphatic rings. The van der Waals surface area contributed by atoms with E-state index in [4.69, 9.17) is 5.11 Å². The predicted octanol–water partition coefficient (Wildman–Crippen LogP) is -0.528. The van der Waals surface area contributed by atoms with Crippen LogP contribution in [-0.2, 0) is 11.8 Å². The molecule has 3 N–H and O–H groups in total. The highest BCUT2D eigenvalue weighted by Gasteiger charge is 2.39. The number of nitrogens with one attached hydrogen (secondary N) is 1. The topological polar surface area (TPSA) is 108 Å². The molecule has 0 spiro atoms. The number of amides is 2. The van der Waals surface area contributed by atoms with Gasteiger partial charge in [0.1, 0.15) is 6.04 Å². The van der Waals surface area contributed by atoms with Gasteiger partial charge in [0, 0.05) is 32.3 Å². The number of aliphatic hydroxyl groups is 1. The van der Waals surface area contributed by atoms with Gasteiger partial charge >= 0.3 is 12.0 Å². The molecule has 2 heterocycles. The molecule has 2 atom stereocenters. The van der Waals surface area contributed by atoms with Crippen molar-refractivity contribution in [1.29, 1.82) is 0 Å². The normalized spacial score (nSPS) is 23.1. The summed E-state index contributed by atoms with van der Waals surface area (Å²) in [5, 5.41) is 24.9. The summed E-state index contributed by atoms with van der Waals surface area (Å²) in [5.41, 5.74) is 0. The lowest BCUT2D eigenvalue weighted by atomic mass is 10.2. The molecule has 2 rings (SSSR count). The summed E-state index contributed by atoms with van der Waals surface area (Å²) >= 11 is 0. The van der Waals surface area contributed by atoms with Crippen molar-refractivity contribution < 1.29 is 19.8 Å². The minimum Gasteiger partial charge on any atom is -0.480 e. The largest absolute Gasteiger partial charge is 0.480 e. The van der Waals surface area contributed by atoms with Crippen molar-refractivity contribution in [1.82, 2.24) is 14.7 Å². The van der Waals surface area contributed by atoms with Gasteiger partial charge in [-0.15, -0.1) is 0 Å². The SMILES string of the molecule is Cn1ccc(NC(=O)N2C[C@H](O)C[C@@H]2C(=O)O)n1. The van der Waals surface area contributed by atoms with E-state index in [1.165, 1.54) is 4.68 Å². The lowest BCUT2D eigenvalue weighted by molar-refractivity contribution is -0.141. The van der Waals surface area contributed by atoms with Crippen LogP contribution in [0.15, 0.2) is 12.3 Å². The van der Waals surface area contributed by atoms with Crippen molar-refractivity contribution in [2.75, 3.05) is 11.9 Å². The van der Waals surface area contributed by atoms with E-state index in [2.05, 4.69) is 10.4 Å². The van der Waals surface area contributed by atoms with Gasteiger partial charge in [-0.05, 0) is 0 Å². The fraction of sp³-hybridized carbons (Fsp3) is 0.500. The number of anilines is 1. The van der Waals surface area contributed by atoms with Crippen molar-refractivity contribution in [3.05, 3.63) is 12.3 Å². The van der Waals surface area contributed by atoms with Crippen LogP contribution in [0.25, 0.3) is 0 Å². The highest BCUT2D eigenvalue weighted by molar-refractivity contribution is 5.92. The molecule has 0 unspecified atom stereocenters. The Balaban J connectivity index is 2.06. The second-order valence-electron chi connectivity index (χ2n) is 4.20. The average molecular weight is 254 g/mol. The molecule has 1 saturated heterocycles. The third-order valence-electron chi connectivity index (χ3n) is 2.77. The van der Waals surface area contributed by atoms with E-state index in [0.29, 0.717) is 5.82 Å². The monoisotopic (exact) mass is 254 g/mol. The van der Waals surface area contributed by atoms with E-state index in [9.17, 15) is 14.7 Å². The zero-order chi connectivity index (χ0) is 13.3. The Labute approximate surface area is 103 Å². The molecule has 0 aromatic carbocycles. The Morgan fingerprint density at radius 1 is 1.56 bits per heavy atom. The van der Waals surface area contributed by atoms with Crippen LogP contribution >= 0.6 is 0 Å². The fourth-order valence-electron chi connectivity index (χ4n) is 1.94. The lowest BCUT2D eigenvalue weighted by Gasteiger charge is -2.20. The van der Waals surface area contributed by atoms with Gasteiger partial charge in [0.05, 0.1) is 6.10 Å². The smallest absolute Gasteiger partial charge is 0.326 e. The Hall–Kier alpha value is -2.09. The van der Waals surface area contributed by atoms with Gasteiger partial charge in [-0.25, -0.2) is 9.59 Å². The van der Waals surface area contributed by atoms with Gasteiger partial charge in [0.15, 0.2) is 5.82 Å². The average Bonchev–Trinajstić information content (AvgIpc) is 2.85. The molecular weight excluding hydrogens is 240 g/mol. The van der Waals surface area contributed by atoms with Crippen molar-refractivity contribution in [3.8, 4) is 0 Å². The molecule has 0 aliphatic carbocycles. The maximum atomic E-state index is 11.9. The van der Waals surface area contributed by atoms with Crippen LogP contribution in [0.3, 0.4) is 0 Å². The zero-order valence-electron chi connectivity index (χ0n) is 9.78. The Kier molecular flexibility index (Phi) is 3.19. The van der Waals surface area contributed by atoms with Crippen LogP contribution in [0, 0.1) is 0 Å². The second-order valence-corrected chi connectivity index (χ2v) is 4.20. The third kappa shape index (κ3) is 2.43. The van der Waals surface area contributed by atoms with Crippen LogP contribution in [0.2, 0.25) is 0 Å². The first-order chi connectivity index (χ1) is 8.47. The lowest BCUT2D eigenvalue weighted by Crippen LogP contribution is -2.43. The molecule has 98 valence electrons. The molecule has 18 heavy (non-hydrogen) atoms. The van der Waals surface area contributed by atoms with Crippen LogP contribution in [0.1, 0.15) is 6.42 Å². The summed E-state index contributed by atoms with van der Waals surface area (Å²) in [6, 6.07) is 0.0292. The first-order valence-electron chi connectivity index (χ1n) is 5.45. The van der Waals surface area contributed by atoms with Gasteiger partial charge in [-0.1, -0.05) is 0 Å². The number of urea groups is 1. The van der Waals surface area contributed by atoms with E-state index in [1.54, 1.807) is 19.3 Å².